The molecule has 5 nitrogen and oxygen atoms in total. The summed E-state index contributed by atoms with van der Waals surface area (Å²) in [7, 11) is 1.56. The minimum Gasteiger partial charge on any atom is -0.460 e. The molecule has 0 saturated carbocycles. The predicted octanol–water partition coefficient (Wildman–Crippen LogP) is 3.61. The monoisotopic (exact) mass is 419 g/mol. The van der Waals surface area contributed by atoms with Crippen LogP contribution in [0, 0.1) is 0 Å². The van der Waals surface area contributed by atoms with Crippen LogP contribution >= 0.6 is 15.9 Å². The van der Waals surface area contributed by atoms with Gasteiger partial charge in [0.2, 0.25) is 0 Å². The van der Waals surface area contributed by atoms with E-state index in [4.69, 9.17) is 9.47 Å². The lowest BCUT2D eigenvalue weighted by atomic mass is 9.75. The number of ketones is 1. The molecule has 138 valence electrons. The summed E-state index contributed by atoms with van der Waals surface area (Å²) >= 11 is 3.44. The van der Waals surface area contributed by atoms with Crippen LogP contribution in [0.2, 0.25) is 0 Å². The normalized spacial score (nSPS) is 20.0. The highest BCUT2D eigenvalue weighted by Gasteiger charge is 2.38. The average molecular weight is 420 g/mol. The summed E-state index contributed by atoms with van der Waals surface area (Å²) in [5, 5.41) is 3.28. The molecule has 0 radical (unpaired) electrons. The van der Waals surface area contributed by atoms with Crippen molar-refractivity contribution >= 4 is 27.7 Å². The van der Waals surface area contributed by atoms with Crippen molar-refractivity contribution in [2.24, 2.45) is 0 Å². The van der Waals surface area contributed by atoms with Crippen LogP contribution < -0.4 is 5.32 Å². The molecule has 0 saturated heterocycles. The predicted molar refractivity (Wildman–Crippen MR) is 101 cm³/mol. The minimum absolute atomic E-state index is 0.0985. The summed E-state index contributed by atoms with van der Waals surface area (Å²) in [5.74, 6) is -0.714. The van der Waals surface area contributed by atoms with Crippen molar-refractivity contribution in [1.29, 1.82) is 0 Å². The third-order valence-corrected chi connectivity index (χ3v) is 5.25. The first-order chi connectivity index (χ1) is 12.5. The maximum Gasteiger partial charge on any atom is 0.336 e. The van der Waals surface area contributed by atoms with Crippen LogP contribution in [0.1, 0.15) is 37.7 Å². The molecule has 1 heterocycles. The molecule has 0 spiro atoms. The number of benzene rings is 1. The van der Waals surface area contributed by atoms with Crippen LogP contribution in [0.25, 0.3) is 0 Å². The topological polar surface area (TPSA) is 64.6 Å². The van der Waals surface area contributed by atoms with E-state index >= 15 is 0 Å². The summed E-state index contributed by atoms with van der Waals surface area (Å²) in [4.78, 5) is 25.5. The van der Waals surface area contributed by atoms with Gasteiger partial charge in [-0.25, -0.2) is 4.79 Å². The first kappa shape index (κ1) is 18.9. The molecule has 1 atom stereocenters. The van der Waals surface area contributed by atoms with Gasteiger partial charge >= 0.3 is 5.97 Å². The second-order valence-electron chi connectivity index (χ2n) is 6.45. The molecule has 1 aromatic rings. The quantitative estimate of drug-likeness (QED) is 0.583. The number of esters is 1. The number of dihydropyridines is 1. The van der Waals surface area contributed by atoms with Crippen LogP contribution in [0.15, 0.2) is 51.3 Å². The lowest BCUT2D eigenvalue weighted by molar-refractivity contribution is -0.140. The second kappa shape index (κ2) is 8.18. The third-order valence-electron chi connectivity index (χ3n) is 4.72. The average Bonchev–Trinajstić information content (AvgIpc) is 2.61. The van der Waals surface area contributed by atoms with E-state index in [1.165, 1.54) is 0 Å². The van der Waals surface area contributed by atoms with Crippen molar-refractivity contribution < 1.29 is 19.1 Å². The van der Waals surface area contributed by atoms with Gasteiger partial charge in [-0.15, -0.1) is 0 Å². The smallest absolute Gasteiger partial charge is 0.336 e. The van der Waals surface area contributed by atoms with E-state index in [0.717, 1.165) is 34.3 Å². The molecule has 1 N–H and O–H groups in total. The van der Waals surface area contributed by atoms with Crippen molar-refractivity contribution in [1.82, 2.24) is 5.32 Å². The van der Waals surface area contributed by atoms with Gasteiger partial charge in [0.1, 0.15) is 6.61 Å². The number of carbonyl (C=O) groups is 2. The number of carbonyl (C=O) groups excluding carboxylic acids is 2. The van der Waals surface area contributed by atoms with Crippen LogP contribution in [-0.4, -0.2) is 32.1 Å². The number of hydrogen-bond acceptors (Lipinski definition) is 5. The molecular weight excluding hydrogens is 398 g/mol. The van der Waals surface area contributed by atoms with Gasteiger partial charge in [0, 0.05) is 40.9 Å². The van der Waals surface area contributed by atoms with Crippen molar-refractivity contribution in [3.63, 3.8) is 0 Å². The Morgan fingerprint density at radius 2 is 1.96 bits per heavy atom. The molecule has 1 aliphatic carbocycles. The van der Waals surface area contributed by atoms with Gasteiger partial charge in [0.25, 0.3) is 0 Å². The molecule has 3 rings (SSSR count). The van der Waals surface area contributed by atoms with Gasteiger partial charge < -0.3 is 14.8 Å². The highest BCUT2D eigenvalue weighted by atomic mass is 79.9. The summed E-state index contributed by atoms with van der Waals surface area (Å²) in [6.45, 7) is 2.38. The van der Waals surface area contributed by atoms with Gasteiger partial charge in [-0.05, 0) is 37.5 Å². The first-order valence-corrected chi connectivity index (χ1v) is 9.47. The zero-order chi connectivity index (χ0) is 18.7. The zero-order valence-corrected chi connectivity index (χ0v) is 16.5. The van der Waals surface area contributed by atoms with Crippen molar-refractivity contribution in [3.8, 4) is 0 Å². The fourth-order valence-corrected chi connectivity index (χ4v) is 3.80. The minimum atomic E-state index is -0.412. The molecule has 6 heteroatoms. The number of hydrogen-bond donors (Lipinski definition) is 1. The fraction of sp³-hybridized carbons (Fsp3) is 0.400. The summed E-state index contributed by atoms with van der Waals surface area (Å²) in [6, 6.07) is 7.74. The van der Waals surface area contributed by atoms with E-state index in [9.17, 15) is 9.59 Å². The van der Waals surface area contributed by atoms with Crippen molar-refractivity contribution in [2.45, 2.75) is 32.1 Å². The summed E-state index contributed by atoms with van der Waals surface area (Å²) in [5.41, 5.74) is 3.78. The summed E-state index contributed by atoms with van der Waals surface area (Å²) < 4.78 is 11.3. The lowest BCUT2D eigenvalue weighted by Crippen LogP contribution is -2.34. The summed E-state index contributed by atoms with van der Waals surface area (Å²) in [6.07, 6.45) is 2.16. The largest absolute Gasteiger partial charge is 0.460 e. The van der Waals surface area contributed by atoms with Crippen LogP contribution in [-0.2, 0) is 19.1 Å². The Balaban J connectivity index is 2.04. The highest BCUT2D eigenvalue weighted by molar-refractivity contribution is 9.10. The number of methoxy groups -OCH3 is 1. The Morgan fingerprint density at radius 3 is 2.65 bits per heavy atom. The molecular formula is C20H22BrNO4. The molecule has 0 fully saturated rings. The van der Waals surface area contributed by atoms with E-state index in [1.54, 1.807) is 7.11 Å². The fourth-order valence-electron chi connectivity index (χ4n) is 3.54. The number of Topliss-reactive ketones (excluding diaryl/α,β-unsaturated/α-hetero) is 1. The standard InChI is InChI=1S/C20H22BrNO4/c1-12-17(20(24)26-11-10-25-2)18(13-6-8-14(21)9-7-13)19-15(22-12)4-3-5-16(19)23/h6-9,18,22H,3-5,10-11H2,1-2H3/t18-/m0/s1. The Bertz CT molecular complexity index is 780. The highest BCUT2D eigenvalue weighted by Crippen LogP contribution is 2.42. The molecule has 0 amide bonds. The Kier molecular flexibility index (Phi) is 5.94. The van der Waals surface area contributed by atoms with Crippen LogP contribution in [0.3, 0.4) is 0 Å². The molecule has 2 aliphatic rings. The van der Waals surface area contributed by atoms with E-state index in [1.807, 2.05) is 31.2 Å². The number of allylic oxidation sites excluding steroid dienone is 3. The molecule has 0 unspecified atom stereocenters. The van der Waals surface area contributed by atoms with Crippen molar-refractivity contribution in [2.75, 3.05) is 20.3 Å². The number of halogens is 1. The molecule has 26 heavy (non-hydrogen) atoms. The zero-order valence-electron chi connectivity index (χ0n) is 14.9. The van der Waals surface area contributed by atoms with Crippen molar-refractivity contribution in [3.05, 3.63) is 56.8 Å². The third kappa shape index (κ3) is 3.76. The first-order valence-electron chi connectivity index (χ1n) is 8.68. The Labute approximate surface area is 161 Å². The Hall–Kier alpha value is -1.92. The van der Waals surface area contributed by atoms with Crippen LogP contribution in [0.4, 0.5) is 0 Å². The lowest BCUT2D eigenvalue weighted by Gasteiger charge is -2.34. The van der Waals surface area contributed by atoms with Gasteiger partial charge in [-0.3, -0.25) is 4.79 Å². The number of ether oxygens (including phenoxy) is 2. The maximum absolute atomic E-state index is 12.8. The number of nitrogens with one attached hydrogen (secondary N) is 1. The van der Waals surface area contributed by atoms with Gasteiger partial charge in [0.15, 0.2) is 5.78 Å². The molecule has 0 bridgehead atoms. The van der Waals surface area contributed by atoms with E-state index in [2.05, 4.69) is 21.2 Å². The van der Waals surface area contributed by atoms with Gasteiger partial charge in [-0.2, -0.15) is 0 Å². The SMILES string of the molecule is COCCOC(=O)C1=C(C)NC2=C(C(=O)CCC2)[C@H]1c1ccc(Br)cc1. The van der Waals surface area contributed by atoms with E-state index < -0.39 is 11.9 Å². The molecule has 1 aliphatic heterocycles. The second-order valence-corrected chi connectivity index (χ2v) is 7.36. The van der Waals surface area contributed by atoms with E-state index in [-0.39, 0.29) is 12.4 Å². The number of rotatable bonds is 5. The molecule has 1 aromatic carbocycles. The molecule has 0 aromatic heterocycles. The van der Waals surface area contributed by atoms with Gasteiger partial charge in [0.05, 0.1) is 12.2 Å². The Morgan fingerprint density at radius 1 is 1.23 bits per heavy atom. The maximum atomic E-state index is 12.8. The van der Waals surface area contributed by atoms with Crippen LogP contribution in [0.5, 0.6) is 0 Å². The van der Waals surface area contributed by atoms with Gasteiger partial charge in [-0.1, -0.05) is 28.1 Å². The van der Waals surface area contributed by atoms with E-state index in [0.29, 0.717) is 24.2 Å².